The molecule has 0 spiro atoms. The molecule has 1 aliphatic carbocycles. The molecule has 2 aliphatic rings. The van der Waals surface area contributed by atoms with Crippen molar-refractivity contribution in [3.8, 4) is 11.5 Å². The number of rotatable bonds is 9. The number of hydrogen-bond donors (Lipinski definition) is 1. The standard InChI is InChI=1S/C30H41NO5/c1-21-10-13-25(14-11-21)36-28-16-24(12-15-27(28)34-4)26-17-31(20-30(26,3)22(2)32)29(33)19-35-18-23-8-6-5-7-9-23/h5-9,12,15-16,21-22,25-26,32H,10-11,13-14,17-20H2,1-4H3/t21?,22-,25?,26+,30+/m1/s1. The average Bonchev–Trinajstić information content (AvgIpc) is 3.25. The van der Waals surface area contributed by atoms with Crippen LogP contribution in [0.4, 0.5) is 0 Å². The van der Waals surface area contributed by atoms with E-state index in [-0.39, 0.29) is 24.5 Å². The molecule has 6 nitrogen and oxygen atoms in total. The van der Waals surface area contributed by atoms with Crippen molar-refractivity contribution in [1.82, 2.24) is 4.90 Å². The van der Waals surface area contributed by atoms with Crippen molar-refractivity contribution in [2.45, 2.75) is 71.2 Å². The SMILES string of the molecule is COc1ccc([C@@H]2CN(C(=O)COCc3ccccc3)C[C@@]2(C)[C@@H](C)O)cc1OC1CCC(C)CC1. The van der Waals surface area contributed by atoms with Crippen molar-refractivity contribution in [2.24, 2.45) is 11.3 Å². The Bertz CT molecular complexity index is 1000. The summed E-state index contributed by atoms with van der Waals surface area (Å²) in [6, 6.07) is 15.9. The van der Waals surface area contributed by atoms with Gasteiger partial charge in [0, 0.05) is 24.4 Å². The number of aliphatic hydroxyl groups is 1. The van der Waals surface area contributed by atoms with E-state index < -0.39 is 11.5 Å². The number of amides is 1. The van der Waals surface area contributed by atoms with Gasteiger partial charge in [0.05, 0.1) is 25.9 Å². The topological polar surface area (TPSA) is 68.2 Å². The van der Waals surface area contributed by atoms with Gasteiger partial charge in [-0.1, -0.05) is 50.2 Å². The predicted octanol–water partition coefficient (Wildman–Crippen LogP) is 5.18. The Morgan fingerprint density at radius 1 is 1.11 bits per heavy atom. The van der Waals surface area contributed by atoms with Gasteiger partial charge in [0.25, 0.3) is 0 Å². The second kappa shape index (κ2) is 11.7. The monoisotopic (exact) mass is 495 g/mol. The first-order valence-electron chi connectivity index (χ1n) is 13.2. The van der Waals surface area contributed by atoms with Gasteiger partial charge in [0.2, 0.25) is 5.91 Å². The number of carbonyl (C=O) groups excluding carboxylic acids is 1. The van der Waals surface area contributed by atoms with Crippen LogP contribution < -0.4 is 9.47 Å². The lowest BCUT2D eigenvalue weighted by atomic mass is 9.72. The van der Waals surface area contributed by atoms with Gasteiger partial charge in [-0.25, -0.2) is 0 Å². The lowest BCUT2D eigenvalue weighted by molar-refractivity contribution is -0.136. The quantitative estimate of drug-likeness (QED) is 0.519. The summed E-state index contributed by atoms with van der Waals surface area (Å²) in [5, 5.41) is 10.8. The van der Waals surface area contributed by atoms with Crippen LogP contribution in [0.5, 0.6) is 11.5 Å². The lowest BCUT2D eigenvalue weighted by Gasteiger charge is -2.34. The molecule has 3 atom stereocenters. The maximum Gasteiger partial charge on any atom is 0.248 e. The Kier molecular flexibility index (Phi) is 8.58. The van der Waals surface area contributed by atoms with E-state index in [1.807, 2.05) is 54.3 Å². The van der Waals surface area contributed by atoms with E-state index in [4.69, 9.17) is 14.2 Å². The number of aliphatic hydroxyl groups excluding tert-OH is 1. The maximum absolute atomic E-state index is 13.1. The highest BCUT2D eigenvalue weighted by molar-refractivity contribution is 5.78. The Labute approximate surface area is 215 Å². The molecule has 0 aromatic heterocycles. The highest BCUT2D eigenvalue weighted by Gasteiger charge is 2.48. The van der Waals surface area contributed by atoms with E-state index in [2.05, 4.69) is 19.9 Å². The predicted molar refractivity (Wildman–Crippen MR) is 140 cm³/mol. The van der Waals surface area contributed by atoms with Gasteiger partial charge < -0.3 is 24.2 Å². The maximum atomic E-state index is 13.1. The van der Waals surface area contributed by atoms with Gasteiger partial charge in [-0.3, -0.25) is 4.79 Å². The molecule has 36 heavy (non-hydrogen) atoms. The highest BCUT2D eigenvalue weighted by atomic mass is 16.5. The third kappa shape index (κ3) is 6.04. The summed E-state index contributed by atoms with van der Waals surface area (Å²) < 4.78 is 17.8. The first-order valence-corrected chi connectivity index (χ1v) is 13.2. The summed E-state index contributed by atoms with van der Waals surface area (Å²) in [5.41, 5.74) is 1.61. The number of methoxy groups -OCH3 is 1. The summed E-state index contributed by atoms with van der Waals surface area (Å²) in [4.78, 5) is 14.9. The molecule has 2 fully saturated rings. The molecule has 0 unspecified atom stereocenters. The van der Waals surface area contributed by atoms with Crippen LogP contribution in [0.25, 0.3) is 0 Å². The van der Waals surface area contributed by atoms with Crippen molar-refractivity contribution < 1.29 is 24.1 Å². The van der Waals surface area contributed by atoms with Gasteiger partial charge >= 0.3 is 0 Å². The van der Waals surface area contributed by atoms with Crippen LogP contribution in [0.15, 0.2) is 48.5 Å². The molecule has 6 heteroatoms. The molecule has 2 aromatic rings. The highest BCUT2D eigenvalue weighted by Crippen LogP contribution is 2.47. The fourth-order valence-electron chi connectivity index (χ4n) is 5.57. The molecule has 0 radical (unpaired) electrons. The van der Waals surface area contributed by atoms with E-state index in [0.29, 0.717) is 19.7 Å². The number of benzene rings is 2. The molecule has 1 saturated carbocycles. The number of likely N-dealkylation sites (tertiary alicyclic amines) is 1. The third-order valence-corrected chi connectivity index (χ3v) is 8.22. The summed E-state index contributed by atoms with van der Waals surface area (Å²) in [5.74, 6) is 2.13. The second-order valence-corrected chi connectivity index (χ2v) is 10.9. The number of hydrogen-bond acceptors (Lipinski definition) is 5. The van der Waals surface area contributed by atoms with Crippen molar-refractivity contribution in [3.63, 3.8) is 0 Å². The zero-order valence-corrected chi connectivity index (χ0v) is 22.1. The molecule has 196 valence electrons. The van der Waals surface area contributed by atoms with Crippen molar-refractivity contribution in [2.75, 3.05) is 26.8 Å². The smallest absolute Gasteiger partial charge is 0.248 e. The molecule has 1 aliphatic heterocycles. The minimum Gasteiger partial charge on any atom is -0.493 e. The first-order chi connectivity index (χ1) is 17.3. The molecule has 1 heterocycles. The minimum absolute atomic E-state index is 0.0224. The van der Waals surface area contributed by atoms with Crippen LogP contribution in [0, 0.1) is 11.3 Å². The molecule has 1 N–H and O–H groups in total. The summed E-state index contributed by atoms with van der Waals surface area (Å²) >= 11 is 0. The summed E-state index contributed by atoms with van der Waals surface area (Å²) in [7, 11) is 1.66. The number of carbonyl (C=O) groups is 1. The number of ether oxygens (including phenoxy) is 3. The zero-order chi connectivity index (χ0) is 25.7. The van der Waals surface area contributed by atoms with Crippen LogP contribution in [-0.2, 0) is 16.1 Å². The Morgan fingerprint density at radius 3 is 2.50 bits per heavy atom. The van der Waals surface area contributed by atoms with E-state index in [1.165, 1.54) is 12.8 Å². The minimum atomic E-state index is -0.586. The molecule has 1 amide bonds. The largest absolute Gasteiger partial charge is 0.493 e. The van der Waals surface area contributed by atoms with Crippen molar-refractivity contribution >= 4 is 5.91 Å². The van der Waals surface area contributed by atoms with Gasteiger partial charge in [-0.15, -0.1) is 0 Å². The molecule has 0 bridgehead atoms. The van der Waals surface area contributed by atoms with E-state index in [9.17, 15) is 9.90 Å². The van der Waals surface area contributed by atoms with E-state index in [0.717, 1.165) is 41.4 Å². The van der Waals surface area contributed by atoms with Gasteiger partial charge in [0.15, 0.2) is 11.5 Å². The first kappa shape index (κ1) is 26.5. The Morgan fingerprint density at radius 2 is 1.83 bits per heavy atom. The fourth-order valence-corrected chi connectivity index (χ4v) is 5.57. The fraction of sp³-hybridized carbons (Fsp3) is 0.567. The van der Waals surface area contributed by atoms with Gasteiger partial charge in [-0.2, -0.15) is 0 Å². The molecular formula is C30H41NO5. The Hall–Kier alpha value is -2.57. The third-order valence-electron chi connectivity index (χ3n) is 8.22. The Balaban J connectivity index is 1.47. The number of nitrogens with zero attached hydrogens (tertiary/aromatic N) is 1. The van der Waals surface area contributed by atoms with Gasteiger partial charge in [-0.05, 0) is 61.8 Å². The average molecular weight is 496 g/mol. The normalized spacial score (nSPS) is 27.0. The van der Waals surface area contributed by atoms with Crippen LogP contribution in [0.1, 0.15) is 63.5 Å². The summed E-state index contributed by atoms with van der Waals surface area (Å²) in [6.45, 7) is 7.61. The molecule has 1 saturated heterocycles. The van der Waals surface area contributed by atoms with Crippen LogP contribution in [-0.4, -0.2) is 54.9 Å². The van der Waals surface area contributed by atoms with Crippen molar-refractivity contribution in [1.29, 1.82) is 0 Å². The van der Waals surface area contributed by atoms with Crippen LogP contribution in [0.3, 0.4) is 0 Å². The van der Waals surface area contributed by atoms with Crippen LogP contribution in [0.2, 0.25) is 0 Å². The molecule has 4 rings (SSSR count). The lowest BCUT2D eigenvalue weighted by Crippen LogP contribution is -2.38. The van der Waals surface area contributed by atoms with E-state index in [1.54, 1.807) is 7.11 Å². The molecule has 2 aromatic carbocycles. The zero-order valence-electron chi connectivity index (χ0n) is 22.1. The second-order valence-electron chi connectivity index (χ2n) is 10.9. The van der Waals surface area contributed by atoms with E-state index >= 15 is 0 Å². The van der Waals surface area contributed by atoms with Gasteiger partial charge in [0.1, 0.15) is 6.61 Å². The van der Waals surface area contributed by atoms with Crippen molar-refractivity contribution in [3.05, 3.63) is 59.7 Å². The molecular weight excluding hydrogens is 454 g/mol. The van der Waals surface area contributed by atoms with Crippen LogP contribution >= 0.6 is 0 Å². The summed E-state index contributed by atoms with van der Waals surface area (Å²) in [6.07, 6.45) is 4.06.